The fraction of sp³-hybridized carbons (Fsp3) is 0.294. The predicted octanol–water partition coefficient (Wildman–Crippen LogP) is 2.96. The van der Waals surface area contributed by atoms with E-state index in [1.165, 1.54) is 24.3 Å². The minimum Gasteiger partial charge on any atom is -0.349 e. The average Bonchev–Trinajstić information content (AvgIpc) is 3.03. The number of amides is 2. The molecule has 0 unspecified atom stereocenters. The van der Waals surface area contributed by atoms with Crippen LogP contribution in [-0.2, 0) is 11.3 Å². The van der Waals surface area contributed by atoms with Gasteiger partial charge in [-0.3, -0.25) is 9.59 Å². The molecular weight excluding hydrogens is 315 g/mol. The van der Waals surface area contributed by atoms with Crippen LogP contribution >= 0.6 is 11.3 Å². The van der Waals surface area contributed by atoms with Gasteiger partial charge >= 0.3 is 0 Å². The maximum atomic E-state index is 12.9. The molecule has 2 amide bonds. The number of rotatable bonds is 6. The summed E-state index contributed by atoms with van der Waals surface area (Å²) in [7, 11) is 0. The zero-order valence-corrected chi connectivity index (χ0v) is 13.8. The first-order chi connectivity index (χ1) is 11.0. The summed E-state index contributed by atoms with van der Waals surface area (Å²) >= 11 is 1.56. The van der Waals surface area contributed by atoms with Crippen LogP contribution in [0.25, 0.3) is 0 Å². The molecule has 1 heterocycles. The Labute approximate surface area is 138 Å². The fourth-order valence-electron chi connectivity index (χ4n) is 2.06. The highest BCUT2D eigenvalue weighted by Gasteiger charge is 2.24. The highest BCUT2D eigenvalue weighted by atomic mass is 32.1. The number of halogens is 1. The standard InChI is InChI=1S/C17H19FN2O2S/c1-11(2)15(17(22)19-10-14-4-3-9-23-14)20-16(21)12-5-7-13(18)8-6-12/h3-9,11,15H,10H2,1-2H3,(H,19,22)(H,20,21)/t15-/m1/s1. The predicted molar refractivity (Wildman–Crippen MR) is 88.7 cm³/mol. The summed E-state index contributed by atoms with van der Waals surface area (Å²) < 4.78 is 12.9. The van der Waals surface area contributed by atoms with Gasteiger partial charge in [-0.2, -0.15) is 0 Å². The Kier molecular flexibility index (Phi) is 5.87. The van der Waals surface area contributed by atoms with Crippen molar-refractivity contribution in [1.82, 2.24) is 10.6 Å². The molecule has 0 bridgehead atoms. The molecule has 0 aliphatic carbocycles. The van der Waals surface area contributed by atoms with Crippen LogP contribution in [0.5, 0.6) is 0 Å². The Balaban J connectivity index is 1.98. The lowest BCUT2D eigenvalue weighted by molar-refractivity contribution is -0.124. The van der Waals surface area contributed by atoms with Gasteiger partial charge in [-0.15, -0.1) is 11.3 Å². The molecule has 0 spiro atoms. The van der Waals surface area contributed by atoms with Crippen LogP contribution in [0.3, 0.4) is 0 Å². The minimum atomic E-state index is -0.646. The van der Waals surface area contributed by atoms with Gasteiger partial charge in [0.1, 0.15) is 11.9 Å². The van der Waals surface area contributed by atoms with Crippen molar-refractivity contribution in [3.05, 3.63) is 58.0 Å². The van der Waals surface area contributed by atoms with E-state index >= 15 is 0 Å². The number of carbonyl (C=O) groups excluding carboxylic acids is 2. The van der Waals surface area contributed by atoms with Crippen molar-refractivity contribution in [2.45, 2.75) is 26.4 Å². The van der Waals surface area contributed by atoms with E-state index in [0.717, 1.165) is 4.88 Å². The van der Waals surface area contributed by atoms with E-state index in [4.69, 9.17) is 0 Å². The van der Waals surface area contributed by atoms with Gasteiger partial charge < -0.3 is 10.6 Å². The zero-order valence-electron chi connectivity index (χ0n) is 13.0. The fourth-order valence-corrected chi connectivity index (χ4v) is 2.70. The van der Waals surface area contributed by atoms with E-state index in [-0.39, 0.29) is 11.8 Å². The molecule has 6 heteroatoms. The Bertz CT molecular complexity index is 654. The SMILES string of the molecule is CC(C)[C@@H](NC(=O)c1ccc(F)cc1)C(=O)NCc1cccs1. The van der Waals surface area contributed by atoms with Gasteiger partial charge in [0.2, 0.25) is 5.91 Å². The molecule has 122 valence electrons. The van der Waals surface area contributed by atoms with Crippen molar-refractivity contribution in [1.29, 1.82) is 0 Å². The Morgan fingerprint density at radius 2 is 1.87 bits per heavy atom. The molecule has 1 aromatic heterocycles. The van der Waals surface area contributed by atoms with Crippen LogP contribution in [-0.4, -0.2) is 17.9 Å². The normalized spacial score (nSPS) is 12.0. The molecule has 2 aromatic rings. The quantitative estimate of drug-likeness (QED) is 0.853. The van der Waals surface area contributed by atoms with Crippen LogP contribution < -0.4 is 10.6 Å². The van der Waals surface area contributed by atoms with E-state index in [2.05, 4.69) is 10.6 Å². The molecule has 0 saturated carbocycles. The van der Waals surface area contributed by atoms with Gasteiger partial charge in [0.25, 0.3) is 5.91 Å². The van der Waals surface area contributed by atoms with E-state index in [1.54, 1.807) is 11.3 Å². The molecule has 2 N–H and O–H groups in total. The van der Waals surface area contributed by atoms with Crippen LogP contribution in [0, 0.1) is 11.7 Å². The second-order valence-electron chi connectivity index (χ2n) is 5.50. The van der Waals surface area contributed by atoms with Gasteiger partial charge in [-0.05, 0) is 41.6 Å². The molecule has 23 heavy (non-hydrogen) atoms. The van der Waals surface area contributed by atoms with E-state index in [9.17, 15) is 14.0 Å². The summed E-state index contributed by atoms with van der Waals surface area (Å²) in [5, 5.41) is 7.48. The summed E-state index contributed by atoms with van der Waals surface area (Å²) in [6, 6.07) is 8.44. The van der Waals surface area contributed by atoms with E-state index < -0.39 is 17.8 Å². The Morgan fingerprint density at radius 3 is 2.43 bits per heavy atom. The molecule has 1 aromatic carbocycles. The van der Waals surface area contributed by atoms with E-state index in [1.807, 2.05) is 31.4 Å². The van der Waals surface area contributed by atoms with Crippen molar-refractivity contribution in [3.63, 3.8) is 0 Å². The Morgan fingerprint density at radius 1 is 1.17 bits per heavy atom. The van der Waals surface area contributed by atoms with E-state index in [0.29, 0.717) is 12.1 Å². The second kappa shape index (κ2) is 7.87. The average molecular weight is 334 g/mol. The molecule has 4 nitrogen and oxygen atoms in total. The monoisotopic (exact) mass is 334 g/mol. The first-order valence-electron chi connectivity index (χ1n) is 7.34. The van der Waals surface area contributed by atoms with Crippen molar-refractivity contribution in [2.75, 3.05) is 0 Å². The lowest BCUT2D eigenvalue weighted by atomic mass is 10.0. The van der Waals surface area contributed by atoms with Crippen LogP contribution in [0.2, 0.25) is 0 Å². The second-order valence-corrected chi connectivity index (χ2v) is 6.53. The summed E-state index contributed by atoms with van der Waals surface area (Å²) in [4.78, 5) is 25.6. The summed E-state index contributed by atoms with van der Waals surface area (Å²) in [6.45, 7) is 4.16. The molecule has 0 fully saturated rings. The number of hydrogen-bond acceptors (Lipinski definition) is 3. The largest absolute Gasteiger partial charge is 0.349 e. The Hall–Kier alpha value is -2.21. The third kappa shape index (κ3) is 4.89. The van der Waals surface area contributed by atoms with Gasteiger partial charge in [0, 0.05) is 10.4 Å². The summed E-state index contributed by atoms with van der Waals surface area (Å²) in [5.74, 6) is -1.10. The van der Waals surface area contributed by atoms with Crippen molar-refractivity contribution in [2.24, 2.45) is 5.92 Å². The first-order valence-corrected chi connectivity index (χ1v) is 8.22. The van der Waals surface area contributed by atoms with Crippen molar-refractivity contribution < 1.29 is 14.0 Å². The van der Waals surface area contributed by atoms with Gasteiger partial charge in [0.15, 0.2) is 0 Å². The highest BCUT2D eigenvalue weighted by Crippen LogP contribution is 2.09. The number of hydrogen-bond donors (Lipinski definition) is 2. The molecular formula is C17H19FN2O2S. The third-order valence-corrected chi connectivity index (χ3v) is 4.24. The topological polar surface area (TPSA) is 58.2 Å². The highest BCUT2D eigenvalue weighted by molar-refractivity contribution is 7.09. The maximum absolute atomic E-state index is 12.9. The van der Waals surface area contributed by atoms with Crippen LogP contribution in [0.15, 0.2) is 41.8 Å². The smallest absolute Gasteiger partial charge is 0.251 e. The zero-order chi connectivity index (χ0) is 16.8. The summed E-state index contributed by atoms with van der Waals surface area (Å²) in [5.41, 5.74) is 0.322. The van der Waals surface area contributed by atoms with Gasteiger partial charge in [0.05, 0.1) is 6.54 Å². The van der Waals surface area contributed by atoms with Crippen LogP contribution in [0.1, 0.15) is 29.1 Å². The number of thiophene rings is 1. The minimum absolute atomic E-state index is 0.0669. The maximum Gasteiger partial charge on any atom is 0.251 e. The van der Waals surface area contributed by atoms with Gasteiger partial charge in [-0.25, -0.2) is 4.39 Å². The number of carbonyl (C=O) groups is 2. The molecule has 0 saturated heterocycles. The number of nitrogens with one attached hydrogen (secondary N) is 2. The van der Waals surface area contributed by atoms with Crippen molar-refractivity contribution >= 4 is 23.2 Å². The van der Waals surface area contributed by atoms with Crippen molar-refractivity contribution in [3.8, 4) is 0 Å². The molecule has 0 radical (unpaired) electrons. The number of benzene rings is 1. The molecule has 1 atom stereocenters. The molecule has 0 aliphatic rings. The molecule has 2 rings (SSSR count). The lowest BCUT2D eigenvalue weighted by Crippen LogP contribution is -2.49. The summed E-state index contributed by atoms with van der Waals surface area (Å²) in [6.07, 6.45) is 0. The first kappa shape index (κ1) is 17.1. The van der Waals surface area contributed by atoms with Gasteiger partial charge in [-0.1, -0.05) is 19.9 Å². The lowest BCUT2D eigenvalue weighted by Gasteiger charge is -2.21. The van der Waals surface area contributed by atoms with Crippen LogP contribution in [0.4, 0.5) is 4.39 Å². The molecule has 0 aliphatic heterocycles. The third-order valence-electron chi connectivity index (χ3n) is 3.36.